The molecule has 2 heterocycles. The predicted octanol–water partition coefficient (Wildman–Crippen LogP) is 3.10. The number of fused-ring (bicyclic) bond motifs is 1. The molecule has 1 amide bonds. The highest BCUT2D eigenvalue weighted by Gasteiger charge is 2.18. The minimum atomic E-state index is -3.33. The number of nitrogens with one attached hydrogen (secondary N) is 1. The number of hydrogen-bond acceptors (Lipinski definition) is 4. The van der Waals surface area contributed by atoms with E-state index in [0.717, 1.165) is 27.6 Å². The summed E-state index contributed by atoms with van der Waals surface area (Å²) in [6.45, 7) is 3.57. The van der Waals surface area contributed by atoms with Crippen LogP contribution in [0.4, 0.5) is 4.79 Å². The summed E-state index contributed by atoms with van der Waals surface area (Å²) in [5.41, 5.74) is 3.71. The van der Waals surface area contributed by atoms with Crippen molar-refractivity contribution < 1.29 is 13.2 Å². The van der Waals surface area contributed by atoms with Crippen LogP contribution < -0.4 is 4.72 Å². The molecule has 0 spiro atoms. The largest absolute Gasteiger partial charge is 0.330 e. The van der Waals surface area contributed by atoms with Gasteiger partial charge in [0.25, 0.3) is 0 Å². The molecule has 8 heteroatoms. The summed E-state index contributed by atoms with van der Waals surface area (Å²) >= 11 is 0. The van der Waals surface area contributed by atoms with Crippen LogP contribution >= 0.6 is 0 Å². The van der Waals surface area contributed by atoms with Crippen molar-refractivity contribution in [2.24, 2.45) is 0 Å². The van der Waals surface area contributed by atoms with Gasteiger partial charge < -0.3 is 4.90 Å². The SMILES string of the molecule is CC(C)S(=O)(=O)NCCc1cn(C(=O)N(C)C)c2cc(-c3ccncc3)ccc12. The lowest BCUT2D eigenvalue weighted by atomic mass is 10.0. The molecule has 0 bridgehead atoms. The Labute approximate surface area is 171 Å². The first-order chi connectivity index (χ1) is 13.7. The molecule has 0 saturated carbocycles. The van der Waals surface area contributed by atoms with Crippen molar-refractivity contribution in [1.82, 2.24) is 19.2 Å². The van der Waals surface area contributed by atoms with E-state index in [1.807, 2.05) is 30.3 Å². The van der Waals surface area contributed by atoms with Gasteiger partial charge in [-0.15, -0.1) is 0 Å². The van der Waals surface area contributed by atoms with E-state index < -0.39 is 15.3 Å². The topological polar surface area (TPSA) is 84.3 Å². The molecule has 0 atom stereocenters. The van der Waals surface area contributed by atoms with Crippen LogP contribution in [0.1, 0.15) is 19.4 Å². The molecular weight excluding hydrogens is 388 g/mol. The summed E-state index contributed by atoms with van der Waals surface area (Å²) in [5, 5.41) is 0.448. The molecule has 0 saturated heterocycles. The molecule has 0 fully saturated rings. The normalized spacial score (nSPS) is 11.9. The number of hydrogen-bond donors (Lipinski definition) is 1. The van der Waals surface area contributed by atoms with Gasteiger partial charge in [-0.2, -0.15) is 0 Å². The molecule has 0 unspecified atom stereocenters. The van der Waals surface area contributed by atoms with Gasteiger partial charge >= 0.3 is 6.03 Å². The summed E-state index contributed by atoms with van der Waals surface area (Å²) in [6, 6.07) is 9.65. The van der Waals surface area contributed by atoms with Crippen LogP contribution in [0.5, 0.6) is 0 Å². The summed E-state index contributed by atoms with van der Waals surface area (Å²) in [4.78, 5) is 18.3. The number of carbonyl (C=O) groups excluding carboxylic acids is 1. The Morgan fingerprint density at radius 1 is 1.14 bits per heavy atom. The van der Waals surface area contributed by atoms with Gasteiger partial charge in [0.2, 0.25) is 10.0 Å². The van der Waals surface area contributed by atoms with E-state index in [-0.39, 0.29) is 12.6 Å². The third-order valence-corrected chi connectivity index (χ3v) is 6.66. The predicted molar refractivity (Wildman–Crippen MR) is 115 cm³/mol. The summed E-state index contributed by atoms with van der Waals surface area (Å²) in [7, 11) is 0.0861. The van der Waals surface area contributed by atoms with E-state index in [0.29, 0.717) is 6.42 Å². The Kier molecular flexibility index (Phi) is 6.04. The zero-order chi connectivity index (χ0) is 21.2. The van der Waals surface area contributed by atoms with Crippen molar-refractivity contribution in [1.29, 1.82) is 0 Å². The van der Waals surface area contributed by atoms with E-state index in [4.69, 9.17) is 0 Å². The average Bonchev–Trinajstić information content (AvgIpc) is 3.05. The van der Waals surface area contributed by atoms with Gasteiger partial charge in [-0.1, -0.05) is 12.1 Å². The molecule has 3 rings (SSSR count). The number of benzene rings is 1. The highest BCUT2D eigenvalue weighted by atomic mass is 32.2. The van der Waals surface area contributed by atoms with Gasteiger partial charge in [-0.05, 0) is 55.2 Å². The van der Waals surface area contributed by atoms with Crippen LogP contribution in [-0.2, 0) is 16.4 Å². The Bertz CT molecular complexity index is 1120. The maximum absolute atomic E-state index is 12.7. The quantitative estimate of drug-likeness (QED) is 0.672. The molecule has 0 aliphatic rings. The summed E-state index contributed by atoms with van der Waals surface area (Å²) in [5.74, 6) is 0. The molecule has 154 valence electrons. The first-order valence-corrected chi connectivity index (χ1v) is 11.0. The summed E-state index contributed by atoms with van der Waals surface area (Å²) in [6.07, 6.45) is 5.75. The highest BCUT2D eigenvalue weighted by Crippen LogP contribution is 2.28. The van der Waals surface area contributed by atoms with Crippen molar-refractivity contribution in [2.45, 2.75) is 25.5 Å². The number of aromatic nitrogens is 2. The lowest BCUT2D eigenvalue weighted by Gasteiger charge is -2.12. The van der Waals surface area contributed by atoms with E-state index in [9.17, 15) is 13.2 Å². The molecule has 3 aromatic rings. The molecule has 1 N–H and O–H groups in total. The van der Waals surface area contributed by atoms with Gasteiger partial charge in [0.15, 0.2) is 0 Å². The molecule has 1 aromatic carbocycles. The second-order valence-corrected chi connectivity index (χ2v) is 9.73. The first kappa shape index (κ1) is 21.0. The first-order valence-electron chi connectivity index (χ1n) is 9.45. The number of pyridine rings is 1. The number of sulfonamides is 1. The molecule has 0 radical (unpaired) electrons. The van der Waals surface area contributed by atoms with Crippen LogP contribution in [0, 0.1) is 0 Å². The van der Waals surface area contributed by atoms with E-state index in [1.54, 1.807) is 51.1 Å². The van der Waals surface area contributed by atoms with Crippen molar-refractivity contribution in [2.75, 3.05) is 20.6 Å². The minimum absolute atomic E-state index is 0.157. The van der Waals surface area contributed by atoms with Gasteiger partial charge in [0, 0.05) is 44.6 Å². The maximum atomic E-state index is 12.7. The smallest absolute Gasteiger partial charge is 0.328 e. The van der Waals surface area contributed by atoms with Gasteiger partial charge in [-0.25, -0.2) is 17.9 Å². The Morgan fingerprint density at radius 3 is 2.45 bits per heavy atom. The molecule has 0 aliphatic carbocycles. The van der Waals surface area contributed by atoms with E-state index in [1.165, 1.54) is 4.90 Å². The van der Waals surface area contributed by atoms with Gasteiger partial charge in [-0.3, -0.25) is 9.55 Å². The number of amides is 1. The van der Waals surface area contributed by atoms with E-state index >= 15 is 0 Å². The third-order valence-electron chi connectivity index (χ3n) is 4.81. The zero-order valence-electron chi connectivity index (χ0n) is 17.1. The van der Waals surface area contributed by atoms with Crippen LogP contribution in [0.3, 0.4) is 0 Å². The standard InChI is InChI=1S/C21H26N4O3S/c1-15(2)29(27,28)23-12-9-18-14-25(21(26)24(3)4)20-13-17(5-6-19(18)20)16-7-10-22-11-8-16/h5-8,10-11,13-15,23H,9,12H2,1-4H3. The Morgan fingerprint density at radius 2 is 1.83 bits per heavy atom. The van der Waals surface area contributed by atoms with Crippen molar-refractivity contribution in [3.8, 4) is 11.1 Å². The Hall–Kier alpha value is -2.71. The minimum Gasteiger partial charge on any atom is -0.330 e. The van der Waals surface area contributed by atoms with Crippen molar-refractivity contribution in [3.05, 3.63) is 54.5 Å². The number of nitrogens with zero attached hydrogens (tertiary/aromatic N) is 3. The monoisotopic (exact) mass is 414 g/mol. The van der Waals surface area contributed by atoms with E-state index in [2.05, 4.69) is 9.71 Å². The molecule has 0 aliphatic heterocycles. The third kappa shape index (κ3) is 4.49. The number of rotatable bonds is 6. The molecule has 2 aromatic heterocycles. The summed E-state index contributed by atoms with van der Waals surface area (Å²) < 4.78 is 28.3. The van der Waals surface area contributed by atoms with Crippen LogP contribution in [0.25, 0.3) is 22.0 Å². The molecule has 29 heavy (non-hydrogen) atoms. The fourth-order valence-corrected chi connectivity index (χ4v) is 3.81. The fourth-order valence-electron chi connectivity index (χ4n) is 3.09. The van der Waals surface area contributed by atoms with Gasteiger partial charge in [0.1, 0.15) is 0 Å². The van der Waals surface area contributed by atoms with Crippen LogP contribution in [-0.4, -0.2) is 54.8 Å². The highest BCUT2D eigenvalue weighted by molar-refractivity contribution is 7.90. The van der Waals surface area contributed by atoms with Gasteiger partial charge in [0.05, 0.1) is 10.8 Å². The molecular formula is C21H26N4O3S. The number of carbonyl (C=O) groups is 1. The lowest BCUT2D eigenvalue weighted by molar-refractivity contribution is 0.220. The van der Waals surface area contributed by atoms with Crippen LogP contribution in [0.15, 0.2) is 48.9 Å². The second kappa shape index (κ2) is 8.34. The zero-order valence-corrected chi connectivity index (χ0v) is 17.9. The lowest BCUT2D eigenvalue weighted by Crippen LogP contribution is -2.32. The second-order valence-electron chi connectivity index (χ2n) is 7.41. The van der Waals surface area contributed by atoms with Crippen LogP contribution in [0.2, 0.25) is 0 Å². The maximum Gasteiger partial charge on any atom is 0.328 e. The average molecular weight is 415 g/mol. The van der Waals surface area contributed by atoms with Crippen molar-refractivity contribution in [3.63, 3.8) is 0 Å². The van der Waals surface area contributed by atoms with Crippen molar-refractivity contribution >= 4 is 27.0 Å². The fraction of sp³-hybridized carbons (Fsp3) is 0.333. The molecule has 7 nitrogen and oxygen atoms in total. The Balaban J connectivity index is 1.99.